The molecule has 0 amide bonds. The first-order valence-electron chi connectivity index (χ1n) is 10.6. The van der Waals surface area contributed by atoms with E-state index in [9.17, 15) is 14.7 Å². The van der Waals surface area contributed by atoms with Crippen molar-refractivity contribution in [1.29, 1.82) is 0 Å². The average Bonchev–Trinajstić information content (AvgIpc) is 3.51. The Hall–Kier alpha value is -3.35. The van der Waals surface area contributed by atoms with Crippen molar-refractivity contribution in [1.82, 2.24) is 9.55 Å². The Balaban J connectivity index is 1.62. The van der Waals surface area contributed by atoms with Crippen LogP contribution in [0.4, 0.5) is 0 Å². The molecule has 0 radical (unpaired) electrons. The van der Waals surface area contributed by atoms with Gasteiger partial charge in [0, 0.05) is 11.1 Å². The third kappa shape index (κ3) is 2.91. The van der Waals surface area contributed by atoms with Crippen molar-refractivity contribution in [3.05, 3.63) is 57.3 Å². The Morgan fingerprint density at radius 2 is 2.23 bits per heavy atom. The lowest BCUT2D eigenvalue weighted by molar-refractivity contribution is -0.141. The van der Waals surface area contributed by atoms with Gasteiger partial charge in [-0.2, -0.15) is 0 Å². The fraction of sp³-hybridized carbons (Fsp3) is 0.375. The van der Waals surface area contributed by atoms with Gasteiger partial charge >= 0.3 is 5.97 Å². The molecule has 2 aromatic rings. The second-order valence-electron chi connectivity index (χ2n) is 8.21. The summed E-state index contributed by atoms with van der Waals surface area (Å²) < 4.78 is 12.9. The maximum absolute atomic E-state index is 13.3. The van der Waals surface area contributed by atoms with Crippen LogP contribution in [0.5, 0.6) is 11.5 Å². The molecule has 7 nitrogen and oxygen atoms in total. The number of aliphatic carboxylic acids is 1. The van der Waals surface area contributed by atoms with Crippen molar-refractivity contribution in [2.75, 3.05) is 13.7 Å². The highest BCUT2D eigenvalue weighted by atomic mass is 16.5. The van der Waals surface area contributed by atoms with Crippen LogP contribution in [-0.2, 0) is 11.2 Å². The number of para-hydroxylation sites is 1. The molecule has 1 fully saturated rings. The number of benzene rings is 1. The van der Waals surface area contributed by atoms with Crippen LogP contribution in [0.3, 0.4) is 0 Å². The summed E-state index contributed by atoms with van der Waals surface area (Å²) in [5, 5.41) is 9.59. The summed E-state index contributed by atoms with van der Waals surface area (Å²) in [6, 6.07) is 5.40. The summed E-state index contributed by atoms with van der Waals surface area (Å²) in [5.74, 6) is 0.982. The Labute approximate surface area is 179 Å². The van der Waals surface area contributed by atoms with E-state index in [-0.39, 0.29) is 11.6 Å². The second kappa shape index (κ2) is 7.11. The Kier molecular flexibility index (Phi) is 4.50. The summed E-state index contributed by atoms with van der Waals surface area (Å²) in [7, 11) is 1.62. The third-order valence-electron chi connectivity index (χ3n) is 6.46. The number of carboxylic acids is 1. The molecule has 2 aliphatic carbocycles. The van der Waals surface area contributed by atoms with E-state index in [1.807, 2.05) is 31.2 Å². The van der Waals surface area contributed by atoms with Gasteiger partial charge in [0.1, 0.15) is 11.2 Å². The van der Waals surface area contributed by atoms with E-state index in [2.05, 4.69) is 0 Å². The number of hydrogen-bond acceptors (Lipinski definition) is 5. The zero-order valence-corrected chi connectivity index (χ0v) is 17.6. The van der Waals surface area contributed by atoms with Crippen molar-refractivity contribution < 1.29 is 19.4 Å². The number of ether oxygens (including phenoxy) is 2. The number of methoxy groups -OCH3 is 1. The fourth-order valence-electron chi connectivity index (χ4n) is 4.82. The SMILES string of the molecule is CCOc1cccc(/C=C2\CCCc3c2nc2n(c3=O)C3CC3(C(=O)O)C=C2)c1OC. The van der Waals surface area contributed by atoms with Gasteiger partial charge in [-0.05, 0) is 56.4 Å². The highest BCUT2D eigenvalue weighted by Gasteiger charge is 2.62. The van der Waals surface area contributed by atoms with Crippen molar-refractivity contribution in [2.24, 2.45) is 5.41 Å². The van der Waals surface area contributed by atoms with Crippen LogP contribution in [0.25, 0.3) is 17.7 Å². The van der Waals surface area contributed by atoms with E-state index in [4.69, 9.17) is 14.5 Å². The number of carbonyl (C=O) groups is 1. The van der Waals surface area contributed by atoms with Crippen LogP contribution in [0.15, 0.2) is 29.1 Å². The minimum atomic E-state index is -0.951. The number of aromatic nitrogens is 2. The summed E-state index contributed by atoms with van der Waals surface area (Å²) in [5.41, 5.74) is 2.17. The van der Waals surface area contributed by atoms with Crippen LogP contribution < -0.4 is 15.0 Å². The summed E-state index contributed by atoms with van der Waals surface area (Å²) in [6.07, 6.45) is 8.12. The monoisotopic (exact) mass is 420 g/mol. The van der Waals surface area contributed by atoms with Gasteiger partial charge in [0.05, 0.1) is 25.5 Å². The van der Waals surface area contributed by atoms with E-state index in [1.165, 1.54) is 0 Å². The number of carboxylic acid groups (broad SMARTS) is 1. The maximum Gasteiger partial charge on any atom is 0.315 e. The lowest BCUT2D eigenvalue weighted by atomic mass is 9.90. The molecule has 1 aromatic heterocycles. The van der Waals surface area contributed by atoms with Crippen molar-refractivity contribution in [3.8, 4) is 11.5 Å². The van der Waals surface area contributed by atoms with Crippen LogP contribution in [-0.4, -0.2) is 34.3 Å². The zero-order valence-electron chi connectivity index (χ0n) is 17.6. The molecule has 2 atom stereocenters. The normalized spacial score (nSPS) is 24.2. The first kappa shape index (κ1) is 19.6. The Morgan fingerprint density at radius 1 is 1.39 bits per heavy atom. The molecule has 5 rings (SSSR count). The van der Waals surface area contributed by atoms with Crippen molar-refractivity contribution in [3.63, 3.8) is 0 Å². The predicted octanol–water partition coefficient (Wildman–Crippen LogP) is 3.57. The van der Waals surface area contributed by atoms with Gasteiger partial charge in [-0.1, -0.05) is 18.2 Å². The van der Waals surface area contributed by atoms with Crippen molar-refractivity contribution in [2.45, 2.75) is 38.6 Å². The topological polar surface area (TPSA) is 90.7 Å². The number of hydrogen-bond donors (Lipinski definition) is 1. The summed E-state index contributed by atoms with van der Waals surface area (Å²) >= 11 is 0. The molecule has 0 bridgehead atoms. The molecule has 7 heteroatoms. The van der Waals surface area contributed by atoms with E-state index in [0.717, 1.165) is 24.0 Å². The summed E-state index contributed by atoms with van der Waals surface area (Å²) in [6.45, 7) is 2.46. The van der Waals surface area contributed by atoms with Gasteiger partial charge in [0.2, 0.25) is 0 Å². The highest BCUT2D eigenvalue weighted by molar-refractivity contribution is 5.86. The zero-order chi connectivity index (χ0) is 21.8. The smallest absolute Gasteiger partial charge is 0.315 e. The predicted molar refractivity (Wildman–Crippen MR) is 116 cm³/mol. The van der Waals surface area contributed by atoms with E-state index in [0.29, 0.717) is 48.0 Å². The summed E-state index contributed by atoms with van der Waals surface area (Å²) in [4.78, 5) is 29.9. The molecule has 1 N–H and O–H groups in total. The Morgan fingerprint density at radius 3 is 2.97 bits per heavy atom. The van der Waals surface area contributed by atoms with Gasteiger partial charge in [-0.15, -0.1) is 0 Å². The molecule has 0 spiro atoms. The molecule has 31 heavy (non-hydrogen) atoms. The lowest BCUT2D eigenvalue weighted by Crippen LogP contribution is -2.33. The van der Waals surface area contributed by atoms with Crippen LogP contribution in [0, 0.1) is 5.41 Å². The minimum Gasteiger partial charge on any atom is -0.492 e. The second-order valence-corrected chi connectivity index (χ2v) is 8.21. The van der Waals surface area contributed by atoms with Crippen LogP contribution >= 0.6 is 0 Å². The van der Waals surface area contributed by atoms with E-state index < -0.39 is 11.4 Å². The van der Waals surface area contributed by atoms with Gasteiger partial charge < -0.3 is 14.6 Å². The van der Waals surface area contributed by atoms with E-state index in [1.54, 1.807) is 23.8 Å². The molecule has 1 saturated carbocycles. The number of fused-ring (bicyclic) bond motifs is 4. The molecule has 3 aliphatic rings. The molecular formula is C24H24N2O5. The third-order valence-corrected chi connectivity index (χ3v) is 6.46. The van der Waals surface area contributed by atoms with Crippen LogP contribution in [0.1, 0.15) is 54.9 Å². The minimum absolute atomic E-state index is 0.113. The van der Waals surface area contributed by atoms with Gasteiger partial charge in [0.25, 0.3) is 5.56 Å². The molecule has 160 valence electrons. The van der Waals surface area contributed by atoms with Crippen LogP contribution in [0.2, 0.25) is 0 Å². The van der Waals surface area contributed by atoms with Crippen molar-refractivity contribution >= 4 is 23.7 Å². The quantitative estimate of drug-likeness (QED) is 0.795. The highest BCUT2D eigenvalue weighted by Crippen LogP contribution is 2.59. The van der Waals surface area contributed by atoms with E-state index >= 15 is 0 Å². The molecule has 2 heterocycles. The fourth-order valence-corrected chi connectivity index (χ4v) is 4.82. The Bertz CT molecular complexity index is 1210. The number of allylic oxidation sites excluding steroid dienone is 1. The average molecular weight is 420 g/mol. The molecule has 1 aromatic carbocycles. The number of nitrogens with zero attached hydrogens (tertiary/aromatic N) is 2. The van der Waals surface area contributed by atoms with Gasteiger partial charge in [-0.3, -0.25) is 14.2 Å². The molecular weight excluding hydrogens is 396 g/mol. The standard InChI is InChI=1S/C24H24N2O5/c1-3-31-17-9-5-7-15(21(17)30-2)12-14-6-4-8-16-20(14)25-19-10-11-24(23(28)29)13-18(24)26(19)22(16)27/h5,7,9-12,18H,3-4,6,8,13H2,1-2H3,(H,28,29)/b14-12+. The van der Waals surface area contributed by atoms with Gasteiger partial charge in [-0.25, -0.2) is 4.98 Å². The first-order chi connectivity index (χ1) is 15.0. The number of rotatable bonds is 5. The molecule has 2 unspecified atom stereocenters. The first-order valence-corrected chi connectivity index (χ1v) is 10.6. The van der Waals surface area contributed by atoms with Gasteiger partial charge in [0.15, 0.2) is 11.5 Å². The molecule has 1 aliphatic heterocycles. The lowest BCUT2D eigenvalue weighted by Gasteiger charge is -2.24. The molecule has 0 saturated heterocycles. The largest absolute Gasteiger partial charge is 0.492 e. The maximum atomic E-state index is 13.3.